The van der Waals surface area contributed by atoms with Crippen molar-refractivity contribution in [3.8, 4) is 11.8 Å². The molecule has 0 aromatic rings. The highest BCUT2D eigenvalue weighted by Gasteiger charge is 2.70. The molecular weight excluding hydrogens is 574 g/mol. The fourth-order valence-corrected chi connectivity index (χ4v) is 7.84. The van der Waals surface area contributed by atoms with Gasteiger partial charge in [0.05, 0.1) is 17.8 Å². The number of allylic oxidation sites excluding steroid dienone is 3. The van der Waals surface area contributed by atoms with E-state index in [4.69, 9.17) is 0 Å². The van der Waals surface area contributed by atoms with Gasteiger partial charge < -0.3 is 20.4 Å². The lowest BCUT2D eigenvalue weighted by Crippen LogP contribution is -2.55. The first-order valence-corrected chi connectivity index (χ1v) is 15.1. The summed E-state index contributed by atoms with van der Waals surface area (Å²) in [6.45, 7) is 11.3. The summed E-state index contributed by atoms with van der Waals surface area (Å²) in [4.78, 5) is 0. The fourth-order valence-electron chi connectivity index (χ4n) is 7.84. The number of fused-ring (bicyclic) bond motifs is 1. The lowest BCUT2D eigenvalue weighted by molar-refractivity contribution is -0.343. The van der Waals surface area contributed by atoms with E-state index >= 15 is 0 Å². The molecule has 43 heavy (non-hydrogen) atoms. The van der Waals surface area contributed by atoms with Gasteiger partial charge in [-0.05, 0) is 105 Å². The van der Waals surface area contributed by atoms with Gasteiger partial charge in [-0.2, -0.15) is 26.3 Å². The van der Waals surface area contributed by atoms with E-state index in [1.165, 1.54) is 5.57 Å². The Bertz CT molecular complexity index is 1140. The molecule has 4 N–H and O–H groups in total. The summed E-state index contributed by atoms with van der Waals surface area (Å²) in [6, 6.07) is 0. The Morgan fingerprint density at radius 1 is 0.977 bits per heavy atom. The van der Waals surface area contributed by atoms with E-state index in [9.17, 15) is 46.8 Å². The SMILES string of the molecule is C=C1/C(=C\C=C2CCC[C@@]3(C)C2CC[C@@H]3[C@@](C)(CC#CC(O)(C(F)(F)F)C(F)(F)F)CCCC(C)(C)O)C[C@@H](O)CC1O. The number of alkyl halides is 6. The van der Waals surface area contributed by atoms with Crippen LogP contribution in [0.25, 0.3) is 0 Å². The van der Waals surface area contributed by atoms with Gasteiger partial charge >= 0.3 is 18.0 Å². The molecule has 2 unspecified atom stereocenters. The molecule has 3 saturated carbocycles. The minimum absolute atomic E-state index is 0.0735. The summed E-state index contributed by atoms with van der Waals surface area (Å²) >= 11 is 0. The molecule has 244 valence electrons. The van der Waals surface area contributed by atoms with Gasteiger partial charge in [-0.25, -0.2) is 0 Å². The van der Waals surface area contributed by atoms with E-state index < -0.39 is 41.2 Å². The molecule has 3 aliphatic carbocycles. The normalized spacial score (nSPS) is 32.4. The summed E-state index contributed by atoms with van der Waals surface area (Å²) in [5, 5.41) is 40.2. The molecule has 0 heterocycles. The number of aliphatic hydroxyl groups is 4. The molecular formula is C33H46F6O4. The van der Waals surface area contributed by atoms with Crippen molar-refractivity contribution < 1.29 is 46.8 Å². The molecule has 3 rings (SSSR count). The van der Waals surface area contributed by atoms with Gasteiger partial charge in [-0.1, -0.05) is 50.5 Å². The van der Waals surface area contributed by atoms with Crippen molar-refractivity contribution in [1.82, 2.24) is 0 Å². The Kier molecular flexibility index (Phi) is 10.4. The zero-order chi connectivity index (χ0) is 32.6. The summed E-state index contributed by atoms with van der Waals surface area (Å²) in [5.74, 6) is 3.35. The van der Waals surface area contributed by atoms with Crippen LogP contribution in [0.3, 0.4) is 0 Å². The van der Waals surface area contributed by atoms with Crippen LogP contribution in [0.1, 0.15) is 98.3 Å². The van der Waals surface area contributed by atoms with Crippen LogP contribution in [0.4, 0.5) is 26.3 Å². The molecule has 0 saturated heterocycles. The van der Waals surface area contributed by atoms with Crippen LogP contribution >= 0.6 is 0 Å². The van der Waals surface area contributed by atoms with E-state index in [0.29, 0.717) is 37.7 Å². The van der Waals surface area contributed by atoms with Crippen LogP contribution in [0, 0.1) is 34.5 Å². The zero-order valence-corrected chi connectivity index (χ0v) is 25.5. The third-order valence-electron chi connectivity index (χ3n) is 10.2. The van der Waals surface area contributed by atoms with Gasteiger partial charge in [-0.15, -0.1) is 0 Å². The molecule has 0 aromatic carbocycles. The largest absolute Gasteiger partial charge is 0.438 e. The second-order valence-corrected chi connectivity index (χ2v) is 14.1. The maximum absolute atomic E-state index is 13.3. The van der Waals surface area contributed by atoms with Crippen LogP contribution in [-0.4, -0.2) is 56.2 Å². The fraction of sp³-hybridized carbons (Fsp3) is 0.758. The second-order valence-electron chi connectivity index (χ2n) is 14.1. The Morgan fingerprint density at radius 2 is 1.60 bits per heavy atom. The Labute approximate surface area is 251 Å². The predicted molar refractivity (Wildman–Crippen MR) is 152 cm³/mol. The third-order valence-corrected chi connectivity index (χ3v) is 10.2. The molecule has 0 radical (unpaired) electrons. The zero-order valence-electron chi connectivity index (χ0n) is 25.5. The average molecular weight is 621 g/mol. The van der Waals surface area contributed by atoms with E-state index in [-0.39, 0.29) is 30.1 Å². The maximum Gasteiger partial charge on any atom is 0.438 e. The average Bonchev–Trinajstić information content (AvgIpc) is 3.21. The number of aliphatic hydroxyl groups excluding tert-OH is 2. The van der Waals surface area contributed by atoms with Crippen LogP contribution in [0.2, 0.25) is 0 Å². The molecule has 4 nitrogen and oxygen atoms in total. The first-order valence-electron chi connectivity index (χ1n) is 15.1. The standard InChI is InChI=1S/C33H46F6O4/c1-21-23(19-24(40)20-26(21)41)11-10-22-9-6-17-30(5)25(22)12-13-27(30)29(4,15-7-14-28(2,3)42)16-8-18-31(43,32(34,35)36)33(37,38)39/h10-11,24-27,40-43H,1,6-7,9,12-17,19-20H2,2-5H3/b22-10?,23-11-/t24-,25?,26?,27-,29-,30+/m1/s1. The Hall–Kier alpha value is -1.80. The van der Waals surface area contributed by atoms with Crippen molar-refractivity contribution in [3.05, 3.63) is 35.5 Å². The molecule has 10 heteroatoms. The summed E-state index contributed by atoms with van der Waals surface area (Å²) < 4.78 is 79.9. The van der Waals surface area contributed by atoms with Crippen molar-refractivity contribution in [2.45, 2.75) is 134 Å². The molecule has 0 spiro atoms. The summed E-state index contributed by atoms with van der Waals surface area (Å²) in [6.07, 6.45) is -3.77. The van der Waals surface area contributed by atoms with Gasteiger partial charge in [-0.3, -0.25) is 0 Å². The van der Waals surface area contributed by atoms with Crippen LogP contribution in [-0.2, 0) is 0 Å². The lowest BCUT2D eigenvalue weighted by atomic mass is 9.55. The maximum atomic E-state index is 13.3. The molecule has 0 aromatic heterocycles. The van der Waals surface area contributed by atoms with Crippen molar-refractivity contribution in [1.29, 1.82) is 0 Å². The first kappa shape index (κ1) is 35.7. The first-order chi connectivity index (χ1) is 19.5. The second kappa shape index (κ2) is 12.5. The predicted octanol–water partition coefficient (Wildman–Crippen LogP) is 7.32. The van der Waals surface area contributed by atoms with Crippen molar-refractivity contribution >= 4 is 0 Å². The van der Waals surface area contributed by atoms with Gasteiger partial charge in [0, 0.05) is 12.8 Å². The molecule has 6 atom stereocenters. The quantitative estimate of drug-likeness (QED) is 0.178. The van der Waals surface area contributed by atoms with Crippen molar-refractivity contribution in [2.24, 2.45) is 22.7 Å². The van der Waals surface area contributed by atoms with Gasteiger partial charge in [0.2, 0.25) is 0 Å². The highest BCUT2D eigenvalue weighted by Crippen LogP contribution is 2.63. The number of hydrogen-bond acceptors (Lipinski definition) is 4. The molecule has 0 amide bonds. The number of hydrogen-bond donors (Lipinski definition) is 4. The number of halogens is 6. The Morgan fingerprint density at radius 3 is 2.19 bits per heavy atom. The highest BCUT2D eigenvalue weighted by atomic mass is 19.4. The van der Waals surface area contributed by atoms with E-state index in [1.807, 2.05) is 19.1 Å². The van der Waals surface area contributed by atoms with Gasteiger partial charge in [0.1, 0.15) is 0 Å². The van der Waals surface area contributed by atoms with Crippen molar-refractivity contribution in [2.75, 3.05) is 0 Å². The highest BCUT2D eigenvalue weighted by molar-refractivity contribution is 5.39. The minimum atomic E-state index is -6.01. The van der Waals surface area contributed by atoms with E-state index in [1.54, 1.807) is 13.8 Å². The smallest absolute Gasteiger partial charge is 0.393 e. The summed E-state index contributed by atoms with van der Waals surface area (Å²) in [7, 11) is 0. The van der Waals surface area contributed by atoms with Gasteiger partial charge in [0.25, 0.3) is 0 Å². The monoisotopic (exact) mass is 620 g/mol. The van der Waals surface area contributed by atoms with Crippen LogP contribution < -0.4 is 0 Å². The summed E-state index contributed by atoms with van der Waals surface area (Å²) in [5.41, 5.74) is -4.60. The minimum Gasteiger partial charge on any atom is -0.393 e. The van der Waals surface area contributed by atoms with E-state index in [2.05, 4.69) is 19.4 Å². The molecule has 0 bridgehead atoms. The third kappa shape index (κ3) is 7.71. The molecule has 3 aliphatic rings. The van der Waals surface area contributed by atoms with Gasteiger partial charge in [0.15, 0.2) is 0 Å². The van der Waals surface area contributed by atoms with E-state index in [0.717, 1.165) is 37.2 Å². The Balaban J connectivity index is 1.95. The topological polar surface area (TPSA) is 80.9 Å². The molecule has 3 fully saturated rings. The van der Waals surface area contributed by atoms with Crippen LogP contribution in [0.5, 0.6) is 0 Å². The van der Waals surface area contributed by atoms with Crippen LogP contribution in [0.15, 0.2) is 35.5 Å². The number of rotatable bonds is 7. The molecule has 0 aliphatic heterocycles. The lowest BCUT2D eigenvalue weighted by Gasteiger charge is -2.49. The van der Waals surface area contributed by atoms with Crippen molar-refractivity contribution in [3.63, 3.8) is 0 Å².